The van der Waals surface area contributed by atoms with E-state index in [1.165, 1.54) is 0 Å². The second-order valence-electron chi connectivity index (χ2n) is 8.95. The highest BCUT2D eigenvalue weighted by Crippen LogP contribution is 2.47. The summed E-state index contributed by atoms with van der Waals surface area (Å²) in [5.74, 6) is 1.55. The number of pyridine rings is 1. The fourth-order valence-electron chi connectivity index (χ4n) is 4.63. The van der Waals surface area contributed by atoms with Gasteiger partial charge in [0, 0.05) is 42.8 Å². The van der Waals surface area contributed by atoms with E-state index < -0.39 is 6.10 Å². The number of aromatic nitrogens is 1. The highest BCUT2D eigenvalue weighted by atomic mass is 19.1. The lowest BCUT2D eigenvalue weighted by molar-refractivity contribution is 0.0668. The van der Waals surface area contributed by atoms with Crippen LogP contribution < -0.4 is 9.47 Å². The van der Waals surface area contributed by atoms with Crippen LogP contribution >= 0.6 is 0 Å². The number of halogens is 1. The zero-order valence-electron chi connectivity index (χ0n) is 19.4. The largest absolute Gasteiger partial charge is 0.508 e. The minimum Gasteiger partial charge on any atom is -0.508 e. The van der Waals surface area contributed by atoms with Gasteiger partial charge < -0.3 is 14.6 Å². The van der Waals surface area contributed by atoms with E-state index in [1.807, 2.05) is 37.3 Å². The fourth-order valence-corrected chi connectivity index (χ4v) is 4.63. The van der Waals surface area contributed by atoms with E-state index >= 15 is 0 Å². The number of hydrogen-bond acceptors (Lipinski definition) is 6. The molecule has 2 aliphatic heterocycles. The number of aromatic hydroxyl groups is 1. The van der Waals surface area contributed by atoms with Gasteiger partial charge in [0.15, 0.2) is 6.10 Å². The maximum Gasteiger partial charge on any atom is 0.166 e. The van der Waals surface area contributed by atoms with Crippen LogP contribution in [-0.4, -0.2) is 47.9 Å². The van der Waals surface area contributed by atoms with Gasteiger partial charge in [-0.15, -0.1) is 0 Å². The molecule has 1 N–H and O–H groups in total. The zero-order chi connectivity index (χ0) is 24.4. The number of fused-ring (bicyclic) bond motifs is 1. The Morgan fingerprint density at radius 3 is 2.66 bits per heavy atom. The van der Waals surface area contributed by atoms with Crippen molar-refractivity contribution in [2.45, 2.75) is 13.0 Å². The second-order valence-corrected chi connectivity index (χ2v) is 8.95. The summed E-state index contributed by atoms with van der Waals surface area (Å²) in [6.07, 6.45) is 1.19. The van der Waals surface area contributed by atoms with Gasteiger partial charge in [-0.25, -0.2) is 0 Å². The number of benzene rings is 2. The number of nitriles is 1. The van der Waals surface area contributed by atoms with Crippen LogP contribution in [0.25, 0.3) is 11.1 Å². The van der Waals surface area contributed by atoms with Crippen molar-refractivity contribution in [3.8, 4) is 23.3 Å². The molecule has 0 amide bonds. The Morgan fingerprint density at radius 1 is 1.17 bits per heavy atom. The molecule has 1 fully saturated rings. The third-order valence-electron chi connectivity index (χ3n) is 6.56. The number of nitrogens with zero attached hydrogens (tertiary/aromatic N) is 3. The highest BCUT2D eigenvalue weighted by molar-refractivity contribution is 5.95. The molecule has 7 heteroatoms. The van der Waals surface area contributed by atoms with Gasteiger partial charge in [-0.05, 0) is 54.5 Å². The van der Waals surface area contributed by atoms with Gasteiger partial charge in [0.05, 0.1) is 30.2 Å². The number of alkyl halides is 1. The third kappa shape index (κ3) is 4.71. The van der Waals surface area contributed by atoms with Crippen LogP contribution in [0.3, 0.4) is 0 Å². The third-order valence-corrected chi connectivity index (χ3v) is 6.56. The maximum atomic E-state index is 12.6. The molecule has 3 heterocycles. The molecule has 1 unspecified atom stereocenters. The average molecular weight is 472 g/mol. The van der Waals surface area contributed by atoms with Crippen LogP contribution in [0.1, 0.15) is 35.4 Å². The normalized spacial score (nSPS) is 17.8. The Balaban J connectivity index is 1.38. The molecular formula is C28H26FN3O3. The molecule has 0 spiro atoms. The van der Waals surface area contributed by atoms with Crippen molar-refractivity contribution in [3.05, 3.63) is 83.2 Å². The van der Waals surface area contributed by atoms with Crippen molar-refractivity contribution in [1.82, 2.24) is 9.88 Å². The molecule has 2 aliphatic rings. The van der Waals surface area contributed by atoms with E-state index in [9.17, 15) is 14.8 Å². The van der Waals surface area contributed by atoms with Gasteiger partial charge in [0.25, 0.3) is 0 Å². The summed E-state index contributed by atoms with van der Waals surface area (Å²) >= 11 is 0. The quantitative estimate of drug-likeness (QED) is 0.522. The van der Waals surface area contributed by atoms with Gasteiger partial charge >= 0.3 is 0 Å². The predicted octanol–water partition coefficient (Wildman–Crippen LogP) is 5.00. The molecule has 1 aromatic heterocycles. The minimum absolute atomic E-state index is 0.133. The topological polar surface area (TPSA) is 78.6 Å². The summed E-state index contributed by atoms with van der Waals surface area (Å²) in [6.45, 7) is 4.62. The number of phenols is 1. The van der Waals surface area contributed by atoms with Crippen LogP contribution in [0.4, 0.5) is 4.39 Å². The summed E-state index contributed by atoms with van der Waals surface area (Å²) in [5.41, 5.74) is 5.10. The number of likely N-dealkylation sites (tertiary alicyclic amines) is 1. The molecule has 0 bridgehead atoms. The predicted molar refractivity (Wildman–Crippen MR) is 131 cm³/mol. The van der Waals surface area contributed by atoms with E-state index in [1.54, 1.807) is 30.5 Å². The van der Waals surface area contributed by atoms with E-state index in [0.29, 0.717) is 29.4 Å². The molecule has 0 radical (unpaired) electrons. The SMILES string of the molecule is CC1=C(c2ccc(C#N)cc2)C(c2ccc(OCCN3CC(CF)C3)cn2)Oc2cc(O)ccc21. The number of ether oxygens (including phenoxy) is 2. The van der Waals surface area contributed by atoms with Crippen LogP contribution in [0.5, 0.6) is 17.2 Å². The lowest BCUT2D eigenvalue weighted by atomic mass is 9.87. The van der Waals surface area contributed by atoms with Gasteiger partial charge in [0.2, 0.25) is 0 Å². The second kappa shape index (κ2) is 9.77. The molecule has 1 atom stereocenters. The molecule has 0 saturated carbocycles. The smallest absolute Gasteiger partial charge is 0.166 e. The van der Waals surface area contributed by atoms with Crippen molar-refractivity contribution in [1.29, 1.82) is 5.26 Å². The summed E-state index contributed by atoms with van der Waals surface area (Å²) < 4.78 is 24.8. The number of rotatable bonds is 7. The maximum absolute atomic E-state index is 12.6. The summed E-state index contributed by atoms with van der Waals surface area (Å²) in [4.78, 5) is 6.81. The van der Waals surface area contributed by atoms with Gasteiger partial charge in [0.1, 0.15) is 23.9 Å². The number of hydrogen-bond donors (Lipinski definition) is 1. The van der Waals surface area contributed by atoms with Crippen LogP contribution in [0.15, 0.2) is 60.8 Å². The lowest BCUT2D eigenvalue weighted by Crippen LogP contribution is -2.49. The van der Waals surface area contributed by atoms with Crippen molar-refractivity contribution in [2.24, 2.45) is 5.92 Å². The van der Waals surface area contributed by atoms with Crippen molar-refractivity contribution >= 4 is 11.1 Å². The van der Waals surface area contributed by atoms with Gasteiger partial charge in [-0.1, -0.05) is 12.1 Å². The molecule has 3 aromatic rings. The van der Waals surface area contributed by atoms with E-state index in [0.717, 1.165) is 41.9 Å². The Labute approximate surface area is 203 Å². The van der Waals surface area contributed by atoms with E-state index in [4.69, 9.17) is 9.47 Å². The minimum atomic E-state index is -0.495. The van der Waals surface area contributed by atoms with Crippen LogP contribution in [0, 0.1) is 17.2 Å². The molecule has 0 aliphatic carbocycles. The van der Waals surface area contributed by atoms with Gasteiger partial charge in [-0.2, -0.15) is 5.26 Å². The first-order chi connectivity index (χ1) is 17.1. The number of phenolic OH excluding ortho intramolecular Hbond substituents is 1. The van der Waals surface area contributed by atoms with Crippen molar-refractivity contribution in [3.63, 3.8) is 0 Å². The first kappa shape index (κ1) is 22.9. The Kier molecular flexibility index (Phi) is 6.39. The molecule has 2 aromatic carbocycles. The molecule has 6 nitrogen and oxygen atoms in total. The van der Waals surface area contributed by atoms with Crippen molar-refractivity contribution in [2.75, 3.05) is 32.9 Å². The van der Waals surface area contributed by atoms with Gasteiger partial charge in [-0.3, -0.25) is 14.3 Å². The summed E-state index contributed by atoms with van der Waals surface area (Å²) in [5, 5.41) is 19.2. The molecule has 35 heavy (non-hydrogen) atoms. The molecule has 5 rings (SSSR count). The Bertz CT molecular complexity index is 1280. The van der Waals surface area contributed by atoms with E-state index in [2.05, 4.69) is 16.0 Å². The van der Waals surface area contributed by atoms with Crippen LogP contribution in [-0.2, 0) is 0 Å². The zero-order valence-corrected chi connectivity index (χ0v) is 19.4. The standard InChI is InChI=1S/C28H26FN3O3/c1-18-24-8-6-22(33)12-26(24)35-28(27(18)21-4-2-19(14-30)3-5-21)25-9-7-23(15-31-25)34-11-10-32-16-20(13-29)17-32/h2-9,12,15,20,28,33H,10-11,13,16-17H2,1H3. The fraction of sp³-hybridized carbons (Fsp3) is 0.286. The first-order valence-corrected chi connectivity index (χ1v) is 11.6. The lowest BCUT2D eigenvalue weighted by Gasteiger charge is -2.37. The Morgan fingerprint density at radius 2 is 1.97 bits per heavy atom. The first-order valence-electron chi connectivity index (χ1n) is 11.6. The van der Waals surface area contributed by atoms with Crippen LogP contribution in [0.2, 0.25) is 0 Å². The highest BCUT2D eigenvalue weighted by Gasteiger charge is 2.30. The molecule has 178 valence electrons. The van der Waals surface area contributed by atoms with Crippen molar-refractivity contribution < 1.29 is 19.0 Å². The van der Waals surface area contributed by atoms with E-state index in [-0.39, 0.29) is 18.3 Å². The molecular weight excluding hydrogens is 445 g/mol. The summed E-state index contributed by atoms with van der Waals surface area (Å²) in [6, 6.07) is 18.4. The number of allylic oxidation sites excluding steroid dienone is 1. The Hall–Kier alpha value is -3.89. The summed E-state index contributed by atoms with van der Waals surface area (Å²) in [7, 11) is 0. The average Bonchev–Trinajstić information content (AvgIpc) is 2.85. The monoisotopic (exact) mass is 471 g/mol. The molecule has 1 saturated heterocycles.